The highest BCUT2D eigenvalue weighted by molar-refractivity contribution is 4.78. The lowest BCUT2D eigenvalue weighted by Crippen LogP contribution is -2.39. The van der Waals surface area contributed by atoms with Crippen molar-refractivity contribution in [2.24, 2.45) is 11.3 Å². The van der Waals surface area contributed by atoms with Crippen molar-refractivity contribution in [2.45, 2.75) is 98.1 Å². The van der Waals surface area contributed by atoms with Gasteiger partial charge in [-0.1, -0.05) is 46.5 Å². The summed E-state index contributed by atoms with van der Waals surface area (Å²) in [5.74, 6) is 0.921. The van der Waals surface area contributed by atoms with Crippen LogP contribution in [-0.2, 0) is 0 Å². The van der Waals surface area contributed by atoms with Gasteiger partial charge in [0, 0.05) is 12.1 Å². The van der Waals surface area contributed by atoms with Gasteiger partial charge in [-0.05, 0) is 50.9 Å². The lowest BCUT2D eigenvalue weighted by atomic mass is 9.88. The third kappa shape index (κ3) is 6.78. The predicted molar refractivity (Wildman–Crippen MR) is 81.9 cm³/mol. The van der Waals surface area contributed by atoms with E-state index in [1.54, 1.807) is 0 Å². The van der Waals surface area contributed by atoms with Gasteiger partial charge in [0.15, 0.2) is 0 Å². The molecule has 0 aromatic carbocycles. The van der Waals surface area contributed by atoms with E-state index in [2.05, 4.69) is 39.9 Å². The quantitative estimate of drug-likeness (QED) is 0.668. The molecular weight excluding hydrogens is 218 g/mol. The van der Waals surface area contributed by atoms with Crippen molar-refractivity contribution in [3.05, 3.63) is 0 Å². The molecule has 0 spiro atoms. The van der Waals surface area contributed by atoms with Gasteiger partial charge in [-0.15, -0.1) is 0 Å². The minimum Gasteiger partial charge on any atom is -0.312 e. The smallest absolute Gasteiger partial charge is 0.00694 e. The monoisotopic (exact) mass is 253 g/mol. The molecule has 1 unspecified atom stereocenters. The summed E-state index contributed by atoms with van der Waals surface area (Å²) in [6, 6.07) is 1.38. The third-order valence-electron chi connectivity index (χ3n) is 4.48. The van der Waals surface area contributed by atoms with Crippen molar-refractivity contribution in [1.29, 1.82) is 0 Å². The van der Waals surface area contributed by atoms with E-state index in [0.29, 0.717) is 17.5 Å². The first kappa shape index (κ1) is 16.0. The van der Waals surface area contributed by atoms with Crippen molar-refractivity contribution < 1.29 is 0 Å². The molecule has 1 aliphatic rings. The van der Waals surface area contributed by atoms with Crippen LogP contribution in [0.15, 0.2) is 0 Å². The first-order valence-electron chi connectivity index (χ1n) is 8.14. The summed E-state index contributed by atoms with van der Waals surface area (Å²) in [7, 11) is 0. The molecule has 18 heavy (non-hydrogen) atoms. The van der Waals surface area contributed by atoms with E-state index in [1.165, 1.54) is 51.4 Å². The molecule has 0 aromatic rings. The molecule has 1 nitrogen and oxygen atoms in total. The summed E-state index contributed by atoms with van der Waals surface area (Å²) in [6.45, 7) is 11.8. The van der Waals surface area contributed by atoms with Gasteiger partial charge in [0.25, 0.3) is 0 Å². The van der Waals surface area contributed by atoms with E-state index in [9.17, 15) is 0 Å². The van der Waals surface area contributed by atoms with Gasteiger partial charge < -0.3 is 5.32 Å². The lowest BCUT2D eigenvalue weighted by Gasteiger charge is -2.28. The van der Waals surface area contributed by atoms with E-state index in [-0.39, 0.29) is 0 Å². The van der Waals surface area contributed by atoms with Gasteiger partial charge in [-0.2, -0.15) is 0 Å². The van der Waals surface area contributed by atoms with Crippen LogP contribution in [0.2, 0.25) is 0 Å². The van der Waals surface area contributed by atoms with Crippen LogP contribution in [0.4, 0.5) is 0 Å². The molecule has 1 fully saturated rings. The Morgan fingerprint density at radius 1 is 1.00 bits per heavy atom. The van der Waals surface area contributed by atoms with Crippen molar-refractivity contribution in [3.63, 3.8) is 0 Å². The topological polar surface area (TPSA) is 12.0 Å². The lowest BCUT2D eigenvalue weighted by molar-refractivity contribution is 0.283. The van der Waals surface area contributed by atoms with Crippen LogP contribution in [0.25, 0.3) is 0 Å². The molecule has 0 amide bonds. The van der Waals surface area contributed by atoms with Crippen LogP contribution in [0.5, 0.6) is 0 Å². The second kappa shape index (κ2) is 7.53. The Bertz CT molecular complexity index is 208. The zero-order valence-electron chi connectivity index (χ0n) is 13.4. The maximum absolute atomic E-state index is 3.85. The van der Waals surface area contributed by atoms with Gasteiger partial charge in [0.2, 0.25) is 0 Å². The van der Waals surface area contributed by atoms with Crippen LogP contribution in [-0.4, -0.2) is 12.1 Å². The number of hydrogen-bond acceptors (Lipinski definition) is 1. The summed E-state index contributed by atoms with van der Waals surface area (Å²) < 4.78 is 0. The molecule has 0 heterocycles. The van der Waals surface area contributed by atoms with Gasteiger partial charge in [0.1, 0.15) is 0 Å². The molecule has 1 saturated carbocycles. The maximum atomic E-state index is 3.85. The summed E-state index contributed by atoms with van der Waals surface area (Å²) in [5.41, 5.74) is 0.474. The summed E-state index contributed by atoms with van der Waals surface area (Å²) in [6.07, 6.45) is 11.3. The predicted octanol–water partition coefficient (Wildman–Crippen LogP) is 5.15. The average molecular weight is 253 g/mol. The molecule has 1 rings (SSSR count). The van der Waals surface area contributed by atoms with Gasteiger partial charge in [0.05, 0.1) is 0 Å². The van der Waals surface area contributed by atoms with Gasteiger partial charge >= 0.3 is 0 Å². The van der Waals surface area contributed by atoms with E-state index in [1.807, 2.05) is 0 Å². The zero-order chi connectivity index (χ0) is 13.6. The molecule has 2 atom stereocenters. The molecule has 0 radical (unpaired) electrons. The van der Waals surface area contributed by atoms with Gasteiger partial charge in [-0.3, -0.25) is 0 Å². The molecule has 1 N–H and O–H groups in total. The Balaban J connectivity index is 2.27. The summed E-state index contributed by atoms with van der Waals surface area (Å²) >= 11 is 0. The Hall–Kier alpha value is -0.0400. The SMILES string of the molecule is CC(CCC(C)(C)C)N[C@@H](C)C1CCCCCC1. The number of rotatable bonds is 5. The fourth-order valence-corrected chi connectivity index (χ4v) is 3.13. The highest BCUT2D eigenvalue weighted by Crippen LogP contribution is 2.26. The average Bonchev–Trinajstić information content (AvgIpc) is 2.54. The first-order valence-corrected chi connectivity index (χ1v) is 8.14. The van der Waals surface area contributed by atoms with Crippen molar-refractivity contribution in [1.82, 2.24) is 5.32 Å². The van der Waals surface area contributed by atoms with E-state index < -0.39 is 0 Å². The first-order chi connectivity index (χ1) is 8.38. The van der Waals surface area contributed by atoms with Crippen molar-refractivity contribution >= 4 is 0 Å². The Morgan fingerprint density at radius 2 is 1.56 bits per heavy atom. The van der Waals surface area contributed by atoms with E-state index in [4.69, 9.17) is 0 Å². The molecule has 1 heteroatoms. The standard InChI is InChI=1S/C17H35N/c1-14(12-13-17(3,4)5)18-15(2)16-10-8-6-7-9-11-16/h14-16,18H,6-13H2,1-5H3/t14?,15-/m0/s1. The molecule has 0 aromatic heterocycles. The minimum absolute atomic E-state index is 0.474. The highest BCUT2D eigenvalue weighted by Gasteiger charge is 2.21. The minimum atomic E-state index is 0.474. The highest BCUT2D eigenvalue weighted by atomic mass is 14.9. The van der Waals surface area contributed by atoms with E-state index in [0.717, 1.165) is 5.92 Å². The number of hydrogen-bond donors (Lipinski definition) is 1. The van der Waals surface area contributed by atoms with Crippen LogP contribution in [0, 0.1) is 11.3 Å². The zero-order valence-corrected chi connectivity index (χ0v) is 13.4. The molecule has 108 valence electrons. The van der Waals surface area contributed by atoms with Crippen LogP contribution in [0.1, 0.15) is 86.0 Å². The summed E-state index contributed by atoms with van der Waals surface area (Å²) in [4.78, 5) is 0. The molecule has 0 aliphatic heterocycles. The number of nitrogens with one attached hydrogen (secondary N) is 1. The maximum Gasteiger partial charge on any atom is 0.00694 e. The summed E-state index contributed by atoms with van der Waals surface area (Å²) in [5, 5.41) is 3.85. The largest absolute Gasteiger partial charge is 0.312 e. The van der Waals surface area contributed by atoms with Crippen LogP contribution < -0.4 is 5.32 Å². The van der Waals surface area contributed by atoms with Gasteiger partial charge in [-0.25, -0.2) is 0 Å². The Labute approximate surface area is 115 Å². The Morgan fingerprint density at radius 3 is 2.06 bits per heavy atom. The fraction of sp³-hybridized carbons (Fsp3) is 1.00. The van der Waals surface area contributed by atoms with Crippen LogP contribution in [0.3, 0.4) is 0 Å². The van der Waals surface area contributed by atoms with E-state index >= 15 is 0 Å². The van der Waals surface area contributed by atoms with Crippen molar-refractivity contribution in [3.8, 4) is 0 Å². The molecule has 1 aliphatic carbocycles. The molecule has 0 saturated heterocycles. The third-order valence-corrected chi connectivity index (χ3v) is 4.48. The fourth-order valence-electron chi connectivity index (χ4n) is 3.13. The second-order valence-electron chi connectivity index (χ2n) is 7.71. The Kier molecular flexibility index (Phi) is 6.70. The second-order valence-corrected chi connectivity index (χ2v) is 7.71. The molecular formula is C17H35N. The van der Waals surface area contributed by atoms with Crippen LogP contribution >= 0.6 is 0 Å². The van der Waals surface area contributed by atoms with Crippen molar-refractivity contribution in [2.75, 3.05) is 0 Å². The molecule has 0 bridgehead atoms. The normalized spacial score (nSPS) is 22.5.